The summed E-state index contributed by atoms with van der Waals surface area (Å²) in [5.74, 6) is -0.595. The molecule has 0 radical (unpaired) electrons. The number of aliphatic imine (C=N–C) groups is 1. The van der Waals surface area contributed by atoms with E-state index in [0.717, 1.165) is 16.3 Å². The first-order valence-corrected chi connectivity index (χ1v) is 12.8. The maximum atomic E-state index is 13.1. The molecule has 0 unspecified atom stereocenters. The third-order valence-corrected chi connectivity index (χ3v) is 6.47. The summed E-state index contributed by atoms with van der Waals surface area (Å²) in [5, 5.41) is 21.9. The molecule has 0 heterocycles. The first-order chi connectivity index (χ1) is 20.0. The van der Waals surface area contributed by atoms with E-state index in [0.29, 0.717) is 34.0 Å². The molecule has 0 atom stereocenters. The molecule has 5 rings (SSSR count). The van der Waals surface area contributed by atoms with Crippen LogP contribution in [0.3, 0.4) is 0 Å². The van der Waals surface area contributed by atoms with Gasteiger partial charge in [-0.15, -0.1) is 4.91 Å². The number of benzene rings is 5. The van der Waals surface area contributed by atoms with Crippen molar-refractivity contribution in [2.45, 2.75) is 6.92 Å². The average Bonchev–Trinajstić information content (AvgIpc) is 2.99. The Bertz CT molecular complexity index is 1770. The van der Waals surface area contributed by atoms with E-state index in [-0.39, 0.29) is 17.0 Å². The van der Waals surface area contributed by atoms with Crippen molar-refractivity contribution in [2.24, 2.45) is 10.2 Å². The third kappa shape index (κ3) is 6.05. The topological polar surface area (TPSA) is 124 Å². The largest absolute Gasteiger partial charge is 0.506 e. The Morgan fingerprint density at radius 3 is 2.37 bits per heavy atom. The quantitative estimate of drug-likeness (QED) is 0.0846. The highest BCUT2D eigenvalue weighted by atomic mass is 16.6. The molecule has 9 nitrogen and oxygen atoms in total. The van der Waals surface area contributed by atoms with Crippen molar-refractivity contribution in [3.8, 4) is 5.75 Å². The van der Waals surface area contributed by atoms with Crippen LogP contribution in [0.25, 0.3) is 10.8 Å². The SMILES string of the molecule is CONc1ccc(Nc2ccc(C)c(N=Cc3c(O)c(C(=O)Nc4ccccc4)cc4ccccc34)c2)c(N=O)c1. The van der Waals surface area contributed by atoms with Crippen molar-refractivity contribution in [1.29, 1.82) is 0 Å². The van der Waals surface area contributed by atoms with Gasteiger partial charge in [0.25, 0.3) is 5.91 Å². The van der Waals surface area contributed by atoms with E-state index >= 15 is 0 Å². The van der Waals surface area contributed by atoms with Crippen molar-refractivity contribution in [1.82, 2.24) is 0 Å². The third-order valence-electron chi connectivity index (χ3n) is 6.47. The summed E-state index contributed by atoms with van der Waals surface area (Å²) in [6.07, 6.45) is 1.56. The summed E-state index contributed by atoms with van der Waals surface area (Å²) in [6, 6.07) is 28.9. The lowest BCUT2D eigenvalue weighted by Crippen LogP contribution is -2.12. The van der Waals surface area contributed by atoms with Gasteiger partial charge in [0.15, 0.2) is 0 Å². The zero-order chi connectivity index (χ0) is 28.8. The number of carbonyl (C=O) groups is 1. The minimum Gasteiger partial charge on any atom is -0.506 e. The van der Waals surface area contributed by atoms with Crippen molar-refractivity contribution < 1.29 is 14.7 Å². The van der Waals surface area contributed by atoms with Gasteiger partial charge in [0, 0.05) is 23.2 Å². The van der Waals surface area contributed by atoms with Crippen LogP contribution in [-0.4, -0.2) is 24.3 Å². The highest BCUT2D eigenvalue weighted by Crippen LogP contribution is 2.34. The molecule has 204 valence electrons. The number of nitrogens with one attached hydrogen (secondary N) is 3. The van der Waals surface area contributed by atoms with Crippen molar-refractivity contribution in [3.63, 3.8) is 0 Å². The zero-order valence-corrected chi connectivity index (χ0v) is 22.4. The number of rotatable bonds is 9. The van der Waals surface area contributed by atoms with Gasteiger partial charge in [-0.2, -0.15) is 0 Å². The fourth-order valence-corrected chi connectivity index (χ4v) is 4.40. The first-order valence-electron chi connectivity index (χ1n) is 12.8. The molecule has 0 aromatic heterocycles. The zero-order valence-electron chi connectivity index (χ0n) is 22.4. The number of phenols is 1. The van der Waals surface area contributed by atoms with Crippen LogP contribution < -0.4 is 16.1 Å². The number of para-hydroxylation sites is 1. The molecular formula is C32H27N5O4. The van der Waals surface area contributed by atoms with Crippen molar-refractivity contribution in [3.05, 3.63) is 119 Å². The predicted octanol–water partition coefficient (Wildman–Crippen LogP) is 7.97. The molecule has 0 aliphatic rings. The summed E-state index contributed by atoms with van der Waals surface area (Å²) in [7, 11) is 1.48. The average molecular weight is 546 g/mol. The van der Waals surface area contributed by atoms with Crippen LogP contribution in [-0.2, 0) is 4.84 Å². The van der Waals surface area contributed by atoms with Crippen LogP contribution in [0.2, 0.25) is 0 Å². The maximum Gasteiger partial charge on any atom is 0.259 e. The minimum atomic E-state index is -0.428. The molecule has 41 heavy (non-hydrogen) atoms. The molecule has 4 N–H and O–H groups in total. The molecule has 5 aromatic rings. The van der Waals surface area contributed by atoms with E-state index < -0.39 is 5.91 Å². The van der Waals surface area contributed by atoms with Crippen molar-refractivity contribution in [2.75, 3.05) is 23.2 Å². The van der Waals surface area contributed by atoms with Crippen LogP contribution in [0.4, 0.5) is 34.1 Å². The normalized spacial score (nSPS) is 11.0. The number of nitrogens with zero attached hydrogens (tertiary/aromatic N) is 2. The Balaban J connectivity index is 1.48. The summed E-state index contributed by atoms with van der Waals surface area (Å²) in [5.41, 5.74) is 7.38. The first kappa shape index (κ1) is 27.0. The van der Waals surface area contributed by atoms with Gasteiger partial charge in [0.2, 0.25) is 0 Å². The number of carbonyl (C=O) groups excluding carboxylic acids is 1. The standard InChI is InChI=1S/C32H27N5O4/c1-20-12-13-23(34-28-15-14-24(37-41-2)18-30(28)36-40)17-29(20)33-19-27-25-11-7-6-8-21(25)16-26(31(27)38)32(39)35-22-9-4-3-5-10-22/h3-19,34,37-38H,1-2H3,(H,35,39). The second-order valence-electron chi connectivity index (χ2n) is 9.24. The number of fused-ring (bicyclic) bond motifs is 1. The number of nitroso groups, excluding NO2 is 1. The fourth-order valence-electron chi connectivity index (χ4n) is 4.40. The van der Waals surface area contributed by atoms with Crippen LogP contribution in [0, 0.1) is 11.8 Å². The number of amides is 1. The smallest absolute Gasteiger partial charge is 0.259 e. The molecule has 0 aliphatic carbocycles. The lowest BCUT2D eigenvalue weighted by atomic mass is 9.99. The van der Waals surface area contributed by atoms with Crippen LogP contribution in [0.1, 0.15) is 21.5 Å². The van der Waals surface area contributed by atoms with Gasteiger partial charge in [-0.25, -0.2) is 0 Å². The molecule has 1 amide bonds. The number of aryl methyl sites for hydroxylation is 1. The van der Waals surface area contributed by atoms with Gasteiger partial charge >= 0.3 is 0 Å². The second kappa shape index (κ2) is 12.1. The van der Waals surface area contributed by atoms with E-state index in [2.05, 4.69) is 26.3 Å². The van der Waals surface area contributed by atoms with Gasteiger partial charge in [0.1, 0.15) is 11.4 Å². The lowest BCUT2D eigenvalue weighted by molar-refractivity contribution is 0.102. The number of aromatic hydroxyl groups is 1. The number of hydrogen-bond acceptors (Lipinski definition) is 8. The van der Waals surface area contributed by atoms with Gasteiger partial charge in [-0.05, 0) is 77.0 Å². The summed E-state index contributed by atoms with van der Waals surface area (Å²) in [6.45, 7) is 1.92. The molecule has 0 bridgehead atoms. The Morgan fingerprint density at radius 2 is 1.59 bits per heavy atom. The van der Waals surface area contributed by atoms with Crippen LogP contribution >= 0.6 is 0 Å². The second-order valence-corrected chi connectivity index (χ2v) is 9.24. The maximum absolute atomic E-state index is 13.1. The molecule has 0 saturated carbocycles. The Hall–Kier alpha value is -5.54. The Kier molecular flexibility index (Phi) is 7.98. The number of hydrogen-bond donors (Lipinski definition) is 4. The molecule has 5 aromatic carbocycles. The molecule has 9 heteroatoms. The molecule has 0 saturated heterocycles. The highest BCUT2D eigenvalue weighted by molar-refractivity contribution is 6.13. The molecule has 0 aliphatic heterocycles. The number of anilines is 4. The van der Waals surface area contributed by atoms with Crippen molar-refractivity contribution >= 4 is 57.0 Å². The lowest BCUT2D eigenvalue weighted by Gasteiger charge is -2.13. The minimum absolute atomic E-state index is 0.140. The number of phenolic OH excluding ortho intramolecular Hbond substituents is 1. The van der Waals surface area contributed by atoms with E-state index in [1.54, 1.807) is 42.6 Å². The fraction of sp³-hybridized carbons (Fsp3) is 0.0625. The highest BCUT2D eigenvalue weighted by Gasteiger charge is 2.18. The van der Waals surface area contributed by atoms with E-state index in [1.807, 2.05) is 67.6 Å². The predicted molar refractivity (Wildman–Crippen MR) is 164 cm³/mol. The Labute approximate surface area is 236 Å². The van der Waals surface area contributed by atoms with E-state index in [9.17, 15) is 14.8 Å². The van der Waals surface area contributed by atoms with Gasteiger partial charge < -0.3 is 15.7 Å². The van der Waals surface area contributed by atoms with Gasteiger partial charge in [-0.1, -0.05) is 48.5 Å². The summed E-state index contributed by atoms with van der Waals surface area (Å²) < 4.78 is 0. The van der Waals surface area contributed by atoms with Gasteiger partial charge in [0.05, 0.1) is 29.7 Å². The molecular weight excluding hydrogens is 518 g/mol. The van der Waals surface area contributed by atoms with Crippen LogP contribution in [0.5, 0.6) is 5.75 Å². The van der Waals surface area contributed by atoms with Gasteiger partial charge in [-0.3, -0.25) is 20.1 Å². The Morgan fingerprint density at radius 1 is 0.854 bits per heavy atom. The van der Waals surface area contributed by atoms with Crippen LogP contribution in [0.15, 0.2) is 107 Å². The molecule has 0 fully saturated rings. The van der Waals surface area contributed by atoms with E-state index in [1.165, 1.54) is 7.11 Å². The summed E-state index contributed by atoms with van der Waals surface area (Å²) >= 11 is 0. The molecule has 0 spiro atoms. The summed E-state index contributed by atoms with van der Waals surface area (Å²) in [4.78, 5) is 34.1. The monoisotopic (exact) mass is 545 g/mol. The van der Waals surface area contributed by atoms with E-state index in [4.69, 9.17) is 4.84 Å².